The van der Waals surface area contributed by atoms with E-state index in [1.54, 1.807) is 0 Å². The minimum atomic E-state index is 0.849. The van der Waals surface area contributed by atoms with Crippen molar-refractivity contribution in [1.29, 1.82) is 0 Å². The van der Waals surface area contributed by atoms with Gasteiger partial charge >= 0.3 is 0 Å². The van der Waals surface area contributed by atoms with Crippen LogP contribution in [0.3, 0.4) is 0 Å². The van der Waals surface area contributed by atoms with Gasteiger partial charge in [0.1, 0.15) is 5.82 Å². The summed E-state index contributed by atoms with van der Waals surface area (Å²) < 4.78 is 4.16. The molecular weight excluding hydrogens is 214 g/mol. The minimum absolute atomic E-state index is 0.849. The summed E-state index contributed by atoms with van der Waals surface area (Å²) in [7, 11) is 2.01. The third-order valence-corrected chi connectivity index (χ3v) is 2.79. The van der Waals surface area contributed by atoms with Crippen LogP contribution in [0.5, 0.6) is 0 Å². The van der Waals surface area contributed by atoms with Gasteiger partial charge in [-0.1, -0.05) is 0 Å². The number of anilines is 1. The Kier molecular flexibility index (Phi) is 3.46. The van der Waals surface area contributed by atoms with Crippen molar-refractivity contribution >= 4 is 5.95 Å². The Morgan fingerprint density at radius 3 is 2.88 bits per heavy atom. The molecule has 5 nitrogen and oxygen atoms in total. The van der Waals surface area contributed by atoms with E-state index in [1.165, 1.54) is 0 Å². The number of aryl methyl sites for hydroxylation is 3. The van der Waals surface area contributed by atoms with E-state index in [0.29, 0.717) is 0 Å². The molecule has 92 valence electrons. The molecular formula is C12H19N5. The molecule has 0 bridgehead atoms. The van der Waals surface area contributed by atoms with Gasteiger partial charge in [-0.05, 0) is 13.8 Å². The van der Waals surface area contributed by atoms with Crippen LogP contribution in [-0.4, -0.2) is 25.6 Å². The summed E-state index contributed by atoms with van der Waals surface area (Å²) in [5, 5.41) is 3.35. The fraction of sp³-hybridized carbons (Fsp3) is 0.500. The Morgan fingerprint density at radius 1 is 1.41 bits per heavy atom. The van der Waals surface area contributed by atoms with Crippen molar-refractivity contribution < 1.29 is 0 Å². The van der Waals surface area contributed by atoms with Crippen molar-refractivity contribution in [3.05, 3.63) is 30.1 Å². The summed E-state index contributed by atoms with van der Waals surface area (Å²) >= 11 is 0. The number of imidazole rings is 2. The molecule has 0 aromatic carbocycles. The second kappa shape index (κ2) is 5.03. The summed E-state index contributed by atoms with van der Waals surface area (Å²) in [6.45, 7) is 5.91. The third kappa shape index (κ3) is 2.67. The van der Waals surface area contributed by atoms with Crippen LogP contribution in [0.25, 0.3) is 0 Å². The van der Waals surface area contributed by atoms with E-state index >= 15 is 0 Å². The predicted octanol–water partition coefficient (Wildman–Crippen LogP) is 1.60. The van der Waals surface area contributed by atoms with E-state index < -0.39 is 0 Å². The molecule has 1 N–H and O–H groups in total. The number of hydrogen-bond acceptors (Lipinski definition) is 3. The molecule has 0 aliphatic heterocycles. The first-order valence-electron chi connectivity index (χ1n) is 5.94. The van der Waals surface area contributed by atoms with Crippen LogP contribution in [0.15, 0.2) is 18.6 Å². The highest BCUT2D eigenvalue weighted by Gasteiger charge is 2.04. The molecule has 2 aromatic heterocycles. The van der Waals surface area contributed by atoms with Crippen molar-refractivity contribution in [1.82, 2.24) is 19.1 Å². The van der Waals surface area contributed by atoms with Crippen LogP contribution in [0.2, 0.25) is 0 Å². The molecule has 17 heavy (non-hydrogen) atoms. The molecule has 0 saturated carbocycles. The van der Waals surface area contributed by atoms with Gasteiger partial charge in [-0.3, -0.25) is 0 Å². The molecule has 0 aliphatic carbocycles. The summed E-state index contributed by atoms with van der Waals surface area (Å²) in [5.74, 6) is 2.03. The molecule has 2 heterocycles. The van der Waals surface area contributed by atoms with Gasteiger partial charge in [-0.15, -0.1) is 0 Å². The second-order valence-corrected chi connectivity index (χ2v) is 4.12. The van der Waals surface area contributed by atoms with E-state index in [-0.39, 0.29) is 0 Å². The van der Waals surface area contributed by atoms with Crippen LogP contribution < -0.4 is 5.32 Å². The molecule has 0 saturated heterocycles. The van der Waals surface area contributed by atoms with Gasteiger partial charge in [0.25, 0.3) is 0 Å². The summed E-state index contributed by atoms with van der Waals surface area (Å²) in [6.07, 6.45) is 6.75. The summed E-state index contributed by atoms with van der Waals surface area (Å²) in [5.41, 5.74) is 1.05. The van der Waals surface area contributed by atoms with Crippen LogP contribution >= 0.6 is 0 Å². The Balaban J connectivity index is 1.92. The standard InChI is InChI=1S/C12H19N5/c1-4-17-9-10(2)15-12(17)14-6-5-11-13-7-8-16(11)3/h7-9H,4-6H2,1-3H3,(H,14,15). The van der Waals surface area contributed by atoms with E-state index in [1.807, 2.05) is 30.9 Å². The fourth-order valence-electron chi connectivity index (χ4n) is 1.85. The maximum absolute atomic E-state index is 4.45. The van der Waals surface area contributed by atoms with Crippen LogP contribution in [0.1, 0.15) is 18.4 Å². The molecule has 0 spiro atoms. The Bertz CT molecular complexity index is 483. The van der Waals surface area contributed by atoms with Crippen molar-refractivity contribution in [2.45, 2.75) is 26.8 Å². The zero-order valence-electron chi connectivity index (χ0n) is 10.6. The molecule has 2 rings (SSSR count). The van der Waals surface area contributed by atoms with Gasteiger partial charge in [0, 0.05) is 45.1 Å². The van der Waals surface area contributed by atoms with Gasteiger partial charge in [0.05, 0.1) is 5.69 Å². The van der Waals surface area contributed by atoms with Crippen LogP contribution in [0, 0.1) is 6.92 Å². The van der Waals surface area contributed by atoms with Crippen molar-refractivity contribution in [2.24, 2.45) is 7.05 Å². The van der Waals surface area contributed by atoms with E-state index in [4.69, 9.17) is 0 Å². The zero-order valence-corrected chi connectivity index (χ0v) is 10.6. The number of rotatable bonds is 5. The Hall–Kier alpha value is -1.78. The van der Waals surface area contributed by atoms with Gasteiger partial charge < -0.3 is 14.5 Å². The Labute approximate surface area is 102 Å². The average Bonchev–Trinajstić information content (AvgIpc) is 2.86. The molecule has 0 unspecified atom stereocenters. The largest absolute Gasteiger partial charge is 0.355 e. The van der Waals surface area contributed by atoms with Crippen LogP contribution in [-0.2, 0) is 20.0 Å². The van der Waals surface area contributed by atoms with Gasteiger partial charge in [0.15, 0.2) is 0 Å². The maximum Gasteiger partial charge on any atom is 0.203 e. The molecule has 0 aliphatic rings. The van der Waals surface area contributed by atoms with Gasteiger partial charge in [0.2, 0.25) is 5.95 Å². The number of nitrogens with one attached hydrogen (secondary N) is 1. The van der Waals surface area contributed by atoms with E-state index in [0.717, 1.165) is 37.0 Å². The first-order chi connectivity index (χ1) is 8.20. The Morgan fingerprint density at radius 2 is 2.24 bits per heavy atom. The van der Waals surface area contributed by atoms with Crippen molar-refractivity contribution in [2.75, 3.05) is 11.9 Å². The highest BCUT2D eigenvalue weighted by Crippen LogP contribution is 2.08. The van der Waals surface area contributed by atoms with E-state index in [9.17, 15) is 0 Å². The normalized spacial score (nSPS) is 10.8. The molecule has 2 aromatic rings. The number of aromatic nitrogens is 4. The molecule has 0 radical (unpaired) electrons. The molecule has 0 amide bonds. The van der Waals surface area contributed by atoms with Crippen LogP contribution in [0.4, 0.5) is 5.95 Å². The minimum Gasteiger partial charge on any atom is -0.355 e. The fourth-order valence-corrected chi connectivity index (χ4v) is 1.85. The number of hydrogen-bond donors (Lipinski definition) is 1. The smallest absolute Gasteiger partial charge is 0.203 e. The topological polar surface area (TPSA) is 47.7 Å². The lowest BCUT2D eigenvalue weighted by Crippen LogP contribution is -2.12. The summed E-state index contributed by atoms with van der Waals surface area (Å²) in [4.78, 5) is 8.74. The third-order valence-electron chi connectivity index (χ3n) is 2.79. The van der Waals surface area contributed by atoms with Gasteiger partial charge in [-0.25, -0.2) is 9.97 Å². The lowest BCUT2D eigenvalue weighted by molar-refractivity contribution is 0.749. The monoisotopic (exact) mass is 233 g/mol. The number of nitrogens with zero attached hydrogens (tertiary/aromatic N) is 4. The van der Waals surface area contributed by atoms with Crippen molar-refractivity contribution in [3.63, 3.8) is 0 Å². The van der Waals surface area contributed by atoms with E-state index in [2.05, 4.69) is 33.0 Å². The second-order valence-electron chi connectivity index (χ2n) is 4.12. The lowest BCUT2D eigenvalue weighted by atomic mass is 10.4. The quantitative estimate of drug-likeness (QED) is 0.853. The first-order valence-corrected chi connectivity index (χ1v) is 5.94. The molecule has 0 atom stereocenters. The maximum atomic E-state index is 4.45. The summed E-state index contributed by atoms with van der Waals surface area (Å²) in [6, 6.07) is 0. The average molecular weight is 233 g/mol. The first kappa shape index (κ1) is 11.7. The van der Waals surface area contributed by atoms with Crippen molar-refractivity contribution in [3.8, 4) is 0 Å². The highest BCUT2D eigenvalue weighted by molar-refractivity contribution is 5.28. The molecule has 5 heteroatoms. The molecule has 0 fully saturated rings. The lowest BCUT2D eigenvalue weighted by Gasteiger charge is -2.07. The SMILES string of the molecule is CCn1cc(C)nc1NCCc1nccn1C. The predicted molar refractivity (Wildman–Crippen MR) is 68.0 cm³/mol. The van der Waals surface area contributed by atoms with Gasteiger partial charge in [-0.2, -0.15) is 0 Å². The zero-order chi connectivity index (χ0) is 12.3. The highest BCUT2D eigenvalue weighted by atomic mass is 15.2.